The number of aliphatic hydroxyl groups is 2. The molecule has 0 amide bonds. The van der Waals surface area contributed by atoms with Gasteiger partial charge in [0.1, 0.15) is 5.75 Å². The molecule has 30 heavy (non-hydrogen) atoms. The van der Waals surface area contributed by atoms with Crippen molar-refractivity contribution in [3.8, 4) is 5.75 Å². The van der Waals surface area contributed by atoms with Gasteiger partial charge in [-0.1, -0.05) is 49.2 Å². The lowest BCUT2D eigenvalue weighted by Gasteiger charge is -2.14. The van der Waals surface area contributed by atoms with Gasteiger partial charge < -0.3 is 25.4 Å². The molecule has 4 N–H and O–H groups in total. The molecule has 0 bridgehead atoms. The Morgan fingerprint density at radius 3 is 2.53 bits per heavy atom. The number of ether oxygens (including phenoxy) is 1. The van der Waals surface area contributed by atoms with Crippen LogP contribution in [0.15, 0.2) is 48.5 Å². The van der Waals surface area contributed by atoms with E-state index in [0.29, 0.717) is 19.6 Å². The molecule has 5 heteroatoms. The summed E-state index contributed by atoms with van der Waals surface area (Å²) >= 11 is 0. The van der Waals surface area contributed by atoms with Crippen molar-refractivity contribution >= 4 is 0 Å². The Bertz CT molecular complexity index is 1030. The van der Waals surface area contributed by atoms with Crippen molar-refractivity contribution in [1.82, 2.24) is 5.32 Å². The molecular formula is C25H37NO4. The fourth-order valence-corrected chi connectivity index (χ4v) is 2.86. The zero-order chi connectivity index (χ0) is 28.6. The summed E-state index contributed by atoms with van der Waals surface area (Å²) < 4.78 is 68.7. The molecule has 166 valence electrons. The lowest BCUT2D eigenvalue weighted by Crippen LogP contribution is -2.22. The first-order chi connectivity index (χ1) is 17.7. The van der Waals surface area contributed by atoms with Crippen LogP contribution < -0.4 is 5.32 Å². The number of aryl methyl sites for hydroxylation is 1. The summed E-state index contributed by atoms with van der Waals surface area (Å²) in [6.07, 6.45) is 2.69. The SMILES string of the molecule is [2H]c1c([2H])c(C([2H])(O)C([2H])([2H])NCCCCCCOCCCCc2ccccc2)c([2H])c(C([2H])([2H])O)c1O. The molecular weight excluding hydrogens is 378 g/mol. The maximum Gasteiger partial charge on any atom is 0.121 e. The number of hydrogen-bond acceptors (Lipinski definition) is 5. The normalized spacial score (nSPS) is 18.1. The Kier molecular flexibility index (Phi) is 7.47. The maximum atomic E-state index is 10.7. The zero-order valence-electron chi connectivity index (χ0n) is 25.2. The van der Waals surface area contributed by atoms with E-state index >= 15 is 0 Å². The van der Waals surface area contributed by atoms with E-state index in [1.165, 1.54) is 5.56 Å². The molecule has 0 spiro atoms. The minimum atomic E-state index is -3.32. The van der Waals surface area contributed by atoms with Crippen molar-refractivity contribution in [3.63, 3.8) is 0 Å². The Labute approximate surface area is 192 Å². The monoisotopic (exact) mass is 423 g/mol. The highest BCUT2D eigenvalue weighted by Gasteiger charge is 2.09. The molecule has 5 nitrogen and oxygen atoms in total. The number of benzene rings is 2. The molecule has 2 rings (SSSR count). The summed E-state index contributed by atoms with van der Waals surface area (Å²) in [5, 5.41) is 32.7. The second-order valence-electron chi connectivity index (χ2n) is 6.96. The summed E-state index contributed by atoms with van der Waals surface area (Å²) in [7, 11) is 0. The number of hydrogen-bond donors (Lipinski definition) is 4. The molecule has 0 aliphatic heterocycles. The highest BCUT2D eigenvalue weighted by Crippen LogP contribution is 2.22. The zero-order valence-corrected chi connectivity index (χ0v) is 17.2. The molecule has 1 unspecified atom stereocenters. The van der Waals surface area contributed by atoms with Gasteiger partial charge in [0.2, 0.25) is 0 Å². The standard InChI is InChI=1S/C25H37NO4/c27-20-23-18-22(13-14-24(23)28)25(29)19-26-15-7-1-2-8-16-30-17-9-6-12-21-10-4-3-5-11-21/h3-5,10-11,13-14,18,25-29H,1-2,6-9,12,15-17,19-20H2/i13D,14D,18D,19D2,20D2,25D. The molecule has 0 aliphatic carbocycles. The predicted octanol–water partition coefficient (Wildman–Crippen LogP) is 4.11. The smallest absolute Gasteiger partial charge is 0.121 e. The molecule has 2 aromatic rings. The van der Waals surface area contributed by atoms with Crippen molar-refractivity contribution in [2.75, 3.05) is 26.3 Å². The van der Waals surface area contributed by atoms with Gasteiger partial charge in [0.25, 0.3) is 0 Å². The fraction of sp³-hybridized carbons (Fsp3) is 0.520. The van der Waals surface area contributed by atoms with Gasteiger partial charge in [0.15, 0.2) is 0 Å². The van der Waals surface area contributed by atoms with Crippen LogP contribution >= 0.6 is 0 Å². The quantitative estimate of drug-likeness (QED) is 0.306. The number of aromatic hydroxyl groups is 1. The van der Waals surface area contributed by atoms with Crippen LogP contribution in [0.4, 0.5) is 0 Å². The first-order valence-corrected chi connectivity index (χ1v) is 10.4. The van der Waals surface area contributed by atoms with Crippen LogP contribution in [-0.2, 0) is 17.7 Å². The van der Waals surface area contributed by atoms with E-state index < -0.39 is 54.1 Å². The van der Waals surface area contributed by atoms with Gasteiger partial charge in [-0.2, -0.15) is 0 Å². The third kappa shape index (κ3) is 9.72. The molecule has 0 radical (unpaired) electrons. The van der Waals surface area contributed by atoms with Gasteiger partial charge in [0.05, 0.1) is 20.9 Å². The largest absolute Gasteiger partial charge is 0.508 e. The number of phenols is 1. The average Bonchev–Trinajstić information content (AvgIpc) is 2.83. The van der Waals surface area contributed by atoms with Gasteiger partial charge in [-0.25, -0.2) is 0 Å². The van der Waals surface area contributed by atoms with Crippen molar-refractivity contribution in [3.05, 3.63) is 65.1 Å². The fourth-order valence-electron chi connectivity index (χ4n) is 2.86. The van der Waals surface area contributed by atoms with Gasteiger partial charge in [-0.15, -0.1) is 0 Å². The van der Waals surface area contributed by atoms with E-state index in [1.807, 2.05) is 18.2 Å². The minimum Gasteiger partial charge on any atom is -0.508 e. The molecule has 2 aromatic carbocycles. The maximum absolute atomic E-state index is 10.7. The summed E-state index contributed by atoms with van der Waals surface area (Å²) in [5.74, 6) is -1.18. The van der Waals surface area contributed by atoms with Crippen molar-refractivity contribution < 1.29 is 31.0 Å². The number of unbranched alkanes of at least 4 members (excludes halogenated alkanes) is 4. The third-order valence-electron chi connectivity index (χ3n) is 4.54. The van der Waals surface area contributed by atoms with Gasteiger partial charge in [-0.3, -0.25) is 0 Å². The molecule has 0 aromatic heterocycles. The summed E-state index contributed by atoms with van der Waals surface area (Å²) in [6, 6.07) is 7.11. The topological polar surface area (TPSA) is 82.0 Å². The number of nitrogens with one attached hydrogen (secondary N) is 1. The molecule has 0 aliphatic rings. The summed E-state index contributed by atoms with van der Waals surface area (Å²) in [6.45, 7) is -4.83. The summed E-state index contributed by atoms with van der Waals surface area (Å²) in [5.41, 5.74) is -0.837. The van der Waals surface area contributed by atoms with Crippen LogP contribution in [0.1, 0.15) is 72.3 Å². The van der Waals surface area contributed by atoms with Gasteiger partial charge in [-0.05, 0) is 61.9 Å². The molecule has 0 heterocycles. The molecule has 0 fully saturated rings. The van der Waals surface area contributed by atoms with Gasteiger partial charge >= 0.3 is 0 Å². The van der Waals surface area contributed by atoms with E-state index in [0.717, 1.165) is 38.5 Å². The highest BCUT2D eigenvalue weighted by atomic mass is 16.5. The highest BCUT2D eigenvalue weighted by molar-refractivity contribution is 5.36. The van der Waals surface area contributed by atoms with Crippen molar-refractivity contribution in [2.45, 2.75) is 57.6 Å². The van der Waals surface area contributed by atoms with Gasteiger partial charge in [0, 0.05) is 28.0 Å². The van der Waals surface area contributed by atoms with Crippen molar-refractivity contribution in [2.24, 2.45) is 0 Å². The van der Waals surface area contributed by atoms with E-state index in [1.54, 1.807) is 0 Å². The lowest BCUT2D eigenvalue weighted by molar-refractivity contribution is 0.126. The first kappa shape index (κ1) is 15.0. The Morgan fingerprint density at radius 2 is 1.77 bits per heavy atom. The van der Waals surface area contributed by atoms with Crippen LogP contribution in [0.5, 0.6) is 5.75 Å². The van der Waals surface area contributed by atoms with E-state index in [-0.39, 0.29) is 6.54 Å². The van der Waals surface area contributed by atoms with E-state index in [9.17, 15) is 15.3 Å². The van der Waals surface area contributed by atoms with Crippen LogP contribution in [0.3, 0.4) is 0 Å². The lowest BCUT2D eigenvalue weighted by atomic mass is 10.1. The number of rotatable bonds is 16. The average molecular weight is 424 g/mol. The summed E-state index contributed by atoms with van der Waals surface area (Å²) in [4.78, 5) is 0. The molecule has 0 saturated heterocycles. The second kappa shape index (κ2) is 15.0. The van der Waals surface area contributed by atoms with E-state index in [2.05, 4.69) is 17.4 Å². The van der Waals surface area contributed by atoms with E-state index in [4.69, 9.17) is 15.7 Å². The van der Waals surface area contributed by atoms with Crippen LogP contribution in [0.2, 0.25) is 0 Å². The predicted molar refractivity (Wildman–Crippen MR) is 121 cm³/mol. The van der Waals surface area contributed by atoms with Crippen LogP contribution in [0, 0.1) is 0 Å². The molecule has 0 saturated carbocycles. The van der Waals surface area contributed by atoms with Crippen LogP contribution in [-0.4, -0.2) is 41.6 Å². The van der Waals surface area contributed by atoms with Crippen molar-refractivity contribution in [1.29, 1.82) is 0 Å². The minimum absolute atomic E-state index is 0.0642. The third-order valence-corrected chi connectivity index (χ3v) is 4.54. The Morgan fingerprint density at radius 1 is 1.03 bits per heavy atom. The Hall–Kier alpha value is -1.92. The second-order valence-corrected chi connectivity index (χ2v) is 6.96. The molecule has 1 atom stereocenters. The first-order valence-electron chi connectivity index (χ1n) is 14.4. The Balaban J connectivity index is 1.77. The van der Waals surface area contributed by atoms with Crippen LogP contribution in [0.25, 0.3) is 0 Å².